The Morgan fingerprint density at radius 1 is 1.37 bits per heavy atom. The van der Waals surface area contributed by atoms with Gasteiger partial charge in [0.25, 0.3) is 5.69 Å². The van der Waals surface area contributed by atoms with Crippen LogP contribution in [0.5, 0.6) is 0 Å². The van der Waals surface area contributed by atoms with Crippen molar-refractivity contribution in [2.45, 2.75) is 30.4 Å². The number of thioether (sulfide) groups is 1. The molecule has 4 nitrogen and oxygen atoms in total. The third-order valence-electron chi connectivity index (χ3n) is 3.88. The largest absolute Gasteiger partial charge is 0.315 e. The average Bonchev–Trinajstić information content (AvgIpc) is 2.37. The monoisotopic (exact) mass is 280 g/mol. The molecule has 0 spiro atoms. The highest BCUT2D eigenvalue weighted by Gasteiger charge is 2.35. The molecule has 1 aliphatic carbocycles. The van der Waals surface area contributed by atoms with Gasteiger partial charge in [0.05, 0.1) is 4.92 Å². The maximum Gasteiger partial charge on any atom is 0.269 e. The molecule has 0 aliphatic heterocycles. The standard InChI is InChI=1S/C14H20N2O2S/c1-19-14(8-2-9-14)11-15-10-7-12-3-5-13(6-4-12)16(17)18/h3-6,15H,2,7-11H2,1H3. The fourth-order valence-corrected chi connectivity index (χ4v) is 3.30. The van der Waals surface area contributed by atoms with Gasteiger partial charge in [-0.15, -0.1) is 0 Å². The van der Waals surface area contributed by atoms with E-state index in [1.165, 1.54) is 19.3 Å². The lowest BCUT2D eigenvalue weighted by Gasteiger charge is -2.40. The van der Waals surface area contributed by atoms with Crippen molar-refractivity contribution in [2.75, 3.05) is 19.3 Å². The first-order chi connectivity index (χ1) is 9.15. The minimum absolute atomic E-state index is 0.160. The van der Waals surface area contributed by atoms with Crippen molar-refractivity contribution < 1.29 is 4.92 Å². The second-order valence-electron chi connectivity index (χ2n) is 5.09. The fraction of sp³-hybridized carbons (Fsp3) is 0.571. The molecule has 1 aliphatic rings. The van der Waals surface area contributed by atoms with Gasteiger partial charge in [-0.25, -0.2) is 0 Å². The van der Waals surface area contributed by atoms with Crippen molar-refractivity contribution in [2.24, 2.45) is 0 Å². The van der Waals surface area contributed by atoms with Gasteiger partial charge in [0, 0.05) is 23.4 Å². The minimum Gasteiger partial charge on any atom is -0.315 e. The Balaban J connectivity index is 1.72. The number of hydrogen-bond donors (Lipinski definition) is 1. The van der Waals surface area contributed by atoms with Crippen molar-refractivity contribution >= 4 is 17.4 Å². The number of hydrogen-bond acceptors (Lipinski definition) is 4. The number of rotatable bonds is 7. The minimum atomic E-state index is -0.360. The number of nitro benzene ring substituents is 1. The van der Waals surface area contributed by atoms with E-state index in [1.807, 2.05) is 23.9 Å². The van der Waals surface area contributed by atoms with E-state index in [-0.39, 0.29) is 10.6 Å². The van der Waals surface area contributed by atoms with Gasteiger partial charge >= 0.3 is 0 Å². The van der Waals surface area contributed by atoms with Crippen LogP contribution in [0.25, 0.3) is 0 Å². The summed E-state index contributed by atoms with van der Waals surface area (Å²) in [6.07, 6.45) is 7.10. The molecule has 0 bridgehead atoms. The Labute approximate surface area is 118 Å². The Morgan fingerprint density at radius 2 is 2.05 bits per heavy atom. The Hall–Kier alpha value is -1.07. The SMILES string of the molecule is CSC1(CNCCc2ccc([N+](=O)[O-])cc2)CCC1. The summed E-state index contributed by atoms with van der Waals surface area (Å²) in [5, 5.41) is 14.1. The van der Waals surface area contributed by atoms with Crippen molar-refractivity contribution in [3.63, 3.8) is 0 Å². The van der Waals surface area contributed by atoms with Crippen LogP contribution in [0.1, 0.15) is 24.8 Å². The molecule has 1 fully saturated rings. The highest BCUT2D eigenvalue weighted by Crippen LogP contribution is 2.42. The quantitative estimate of drug-likeness (QED) is 0.474. The third kappa shape index (κ3) is 3.70. The maximum atomic E-state index is 10.5. The van der Waals surface area contributed by atoms with Crippen LogP contribution in [0.4, 0.5) is 5.69 Å². The van der Waals surface area contributed by atoms with Crippen LogP contribution in [0.2, 0.25) is 0 Å². The molecule has 104 valence electrons. The molecule has 0 radical (unpaired) electrons. The third-order valence-corrected chi connectivity index (χ3v) is 5.30. The normalized spacial score (nSPS) is 16.9. The molecule has 5 heteroatoms. The van der Waals surface area contributed by atoms with Gasteiger partial charge in [-0.2, -0.15) is 11.8 Å². The Bertz CT molecular complexity index is 424. The lowest BCUT2D eigenvalue weighted by molar-refractivity contribution is -0.384. The Kier molecular flexibility index (Phi) is 4.82. The summed E-state index contributed by atoms with van der Waals surface area (Å²) in [6.45, 7) is 2.00. The summed E-state index contributed by atoms with van der Waals surface area (Å²) >= 11 is 1.97. The van der Waals surface area contributed by atoms with Crippen molar-refractivity contribution in [3.05, 3.63) is 39.9 Å². The molecule has 0 atom stereocenters. The summed E-state index contributed by atoms with van der Waals surface area (Å²) < 4.78 is 0.468. The molecule has 1 aromatic carbocycles. The number of nitrogens with zero attached hydrogens (tertiary/aromatic N) is 1. The predicted octanol–water partition coefficient (Wildman–Crippen LogP) is 3.01. The first-order valence-electron chi connectivity index (χ1n) is 6.64. The van der Waals surface area contributed by atoms with Crippen LogP contribution in [-0.2, 0) is 6.42 Å². The van der Waals surface area contributed by atoms with Crippen LogP contribution in [0, 0.1) is 10.1 Å². The lowest BCUT2D eigenvalue weighted by atomic mass is 9.84. The molecule has 19 heavy (non-hydrogen) atoms. The van der Waals surface area contributed by atoms with E-state index in [0.717, 1.165) is 25.1 Å². The number of non-ortho nitro benzene ring substituents is 1. The van der Waals surface area contributed by atoms with Gasteiger partial charge in [0.15, 0.2) is 0 Å². The van der Waals surface area contributed by atoms with Gasteiger partial charge in [-0.05, 0) is 37.6 Å². The van der Waals surface area contributed by atoms with E-state index < -0.39 is 0 Å². The smallest absolute Gasteiger partial charge is 0.269 e. The first kappa shape index (κ1) is 14.3. The number of nitro groups is 1. The molecule has 1 saturated carbocycles. The van der Waals surface area contributed by atoms with Crippen LogP contribution >= 0.6 is 11.8 Å². The van der Waals surface area contributed by atoms with Crippen LogP contribution in [0.3, 0.4) is 0 Å². The molecule has 0 amide bonds. The van der Waals surface area contributed by atoms with Crippen molar-refractivity contribution in [3.8, 4) is 0 Å². The van der Waals surface area contributed by atoms with E-state index >= 15 is 0 Å². The highest BCUT2D eigenvalue weighted by molar-refractivity contribution is 8.00. The molecule has 0 unspecified atom stereocenters. The molecule has 0 heterocycles. The highest BCUT2D eigenvalue weighted by atomic mass is 32.2. The van der Waals surface area contributed by atoms with Gasteiger partial charge in [-0.3, -0.25) is 10.1 Å². The molecule has 0 aromatic heterocycles. The molecule has 0 saturated heterocycles. The fourth-order valence-electron chi connectivity index (χ4n) is 2.36. The zero-order valence-corrected chi connectivity index (χ0v) is 12.0. The van der Waals surface area contributed by atoms with Gasteiger partial charge in [0.2, 0.25) is 0 Å². The van der Waals surface area contributed by atoms with E-state index in [2.05, 4.69) is 11.6 Å². The van der Waals surface area contributed by atoms with E-state index in [4.69, 9.17) is 0 Å². The van der Waals surface area contributed by atoms with Crippen LogP contribution < -0.4 is 5.32 Å². The summed E-state index contributed by atoms with van der Waals surface area (Å²) in [5.74, 6) is 0. The molecule has 1 aromatic rings. The van der Waals surface area contributed by atoms with Gasteiger partial charge < -0.3 is 5.32 Å². The van der Waals surface area contributed by atoms with E-state index in [1.54, 1.807) is 12.1 Å². The van der Waals surface area contributed by atoms with Gasteiger partial charge in [0.1, 0.15) is 0 Å². The number of benzene rings is 1. The van der Waals surface area contributed by atoms with E-state index in [9.17, 15) is 10.1 Å². The molecular formula is C14H20N2O2S. The topological polar surface area (TPSA) is 55.2 Å². The summed E-state index contributed by atoms with van der Waals surface area (Å²) in [5.41, 5.74) is 1.30. The van der Waals surface area contributed by atoms with Crippen LogP contribution in [-0.4, -0.2) is 29.0 Å². The summed E-state index contributed by atoms with van der Waals surface area (Å²) in [6, 6.07) is 6.83. The van der Waals surface area contributed by atoms with Crippen molar-refractivity contribution in [1.82, 2.24) is 5.32 Å². The Morgan fingerprint density at radius 3 is 2.53 bits per heavy atom. The summed E-state index contributed by atoms with van der Waals surface area (Å²) in [7, 11) is 0. The lowest BCUT2D eigenvalue weighted by Crippen LogP contribution is -2.43. The zero-order chi connectivity index (χ0) is 13.7. The zero-order valence-electron chi connectivity index (χ0n) is 11.2. The maximum absolute atomic E-state index is 10.5. The molecule has 1 N–H and O–H groups in total. The second kappa shape index (κ2) is 6.39. The average molecular weight is 280 g/mol. The number of nitrogens with one attached hydrogen (secondary N) is 1. The van der Waals surface area contributed by atoms with Crippen molar-refractivity contribution in [1.29, 1.82) is 0 Å². The van der Waals surface area contributed by atoms with E-state index in [0.29, 0.717) is 4.75 Å². The summed E-state index contributed by atoms with van der Waals surface area (Å²) in [4.78, 5) is 10.2. The first-order valence-corrected chi connectivity index (χ1v) is 7.87. The van der Waals surface area contributed by atoms with Crippen LogP contribution in [0.15, 0.2) is 24.3 Å². The molecular weight excluding hydrogens is 260 g/mol. The second-order valence-corrected chi connectivity index (χ2v) is 6.37. The predicted molar refractivity (Wildman–Crippen MR) is 79.8 cm³/mol. The van der Waals surface area contributed by atoms with Gasteiger partial charge in [-0.1, -0.05) is 18.6 Å². The molecule has 2 rings (SSSR count).